The zero-order chi connectivity index (χ0) is 11.6. The minimum absolute atomic E-state index is 0.711. The van der Waals surface area contributed by atoms with E-state index >= 15 is 0 Å². The number of ether oxygens (including phenoxy) is 1. The molecule has 0 aromatic heterocycles. The van der Waals surface area contributed by atoms with E-state index in [2.05, 4.69) is 30.5 Å². The quantitative estimate of drug-likeness (QED) is 0.711. The van der Waals surface area contributed by atoms with Crippen molar-refractivity contribution in [2.24, 2.45) is 0 Å². The summed E-state index contributed by atoms with van der Waals surface area (Å²) in [7, 11) is 0. The highest BCUT2D eigenvalue weighted by Gasteiger charge is 1.96. The van der Waals surface area contributed by atoms with Gasteiger partial charge in [-0.3, -0.25) is 0 Å². The van der Waals surface area contributed by atoms with Gasteiger partial charge in [0.1, 0.15) is 5.75 Å². The molecule has 1 aromatic carbocycles. The maximum absolute atomic E-state index is 5.55. The average molecular weight is 219 g/mol. The molecular weight excluding hydrogens is 198 g/mol. The van der Waals surface area contributed by atoms with E-state index in [4.69, 9.17) is 4.74 Å². The van der Waals surface area contributed by atoms with Crippen molar-refractivity contribution in [3.05, 3.63) is 35.9 Å². The fourth-order valence-electron chi connectivity index (χ4n) is 1.48. The Morgan fingerprint density at radius 1 is 1.25 bits per heavy atom. The second-order valence-electron chi connectivity index (χ2n) is 3.52. The lowest BCUT2D eigenvalue weighted by Gasteiger charge is -2.06. The van der Waals surface area contributed by atoms with Crippen molar-refractivity contribution in [3.63, 3.8) is 0 Å². The van der Waals surface area contributed by atoms with Crippen molar-refractivity contribution in [2.45, 2.75) is 20.3 Å². The lowest BCUT2D eigenvalue weighted by atomic mass is 10.2. The van der Waals surface area contributed by atoms with E-state index < -0.39 is 0 Å². The molecule has 0 heterocycles. The number of para-hydroxylation sites is 1. The van der Waals surface area contributed by atoms with Crippen molar-refractivity contribution in [1.29, 1.82) is 0 Å². The SMILES string of the molecule is CCNCCC=Cc1ccccc1OCC. The van der Waals surface area contributed by atoms with Crippen LogP contribution in [-0.4, -0.2) is 19.7 Å². The molecule has 0 bridgehead atoms. The van der Waals surface area contributed by atoms with Crippen LogP contribution in [0.3, 0.4) is 0 Å². The maximum atomic E-state index is 5.55. The summed E-state index contributed by atoms with van der Waals surface area (Å²) in [6.07, 6.45) is 5.36. The molecule has 0 fully saturated rings. The summed E-state index contributed by atoms with van der Waals surface area (Å²) in [4.78, 5) is 0. The van der Waals surface area contributed by atoms with Gasteiger partial charge >= 0.3 is 0 Å². The van der Waals surface area contributed by atoms with Crippen LogP contribution in [-0.2, 0) is 0 Å². The minimum atomic E-state index is 0.711. The van der Waals surface area contributed by atoms with E-state index in [9.17, 15) is 0 Å². The molecule has 0 aliphatic heterocycles. The van der Waals surface area contributed by atoms with Gasteiger partial charge in [-0.15, -0.1) is 0 Å². The Hall–Kier alpha value is -1.28. The molecule has 0 unspecified atom stereocenters. The summed E-state index contributed by atoms with van der Waals surface area (Å²) >= 11 is 0. The van der Waals surface area contributed by atoms with Gasteiger partial charge in [-0.25, -0.2) is 0 Å². The highest BCUT2D eigenvalue weighted by molar-refractivity contribution is 5.57. The Labute approximate surface area is 98.3 Å². The second kappa shape index (κ2) is 7.94. The van der Waals surface area contributed by atoms with Crippen LogP contribution in [0.15, 0.2) is 30.3 Å². The lowest BCUT2D eigenvalue weighted by molar-refractivity contribution is 0.339. The van der Waals surface area contributed by atoms with Crippen LogP contribution in [0.25, 0.3) is 6.08 Å². The van der Waals surface area contributed by atoms with E-state index in [0.717, 1.165) is 30.8 Å². The monoisotopic (exact) mass is 219 g/mol. The zero-order valence-corrected chi connectivity index (χ0v) is 10.2. The first-order valence-electron chi connectivity index (χ1n) is 5.97. The van der Waals surface area contributed by atoms with Crippen molar-refractivity contribution in [3.8, 4) is 5.75 Å². The molecule has 0 saturated heterocycles. The normalized spacial score (nSPS) is 10.9. The number of hydrogen-bond donors (Lipinski definition) is 1. The molecule has 0 atom stereocenters. The van der Waals surface area contributed by atoms with Gasteiger partial charge in [-0.1, -0.05) is 37.3 Å². The first-order valence-corrected chi connectivity index (χ1v) is 5.97. The molecule has 2 nitrogen and oxygen atoms in total. The smallest absolute Gasteiger partial charge is 0.126 e. The number of benzene rings is 1. The van der Waals surface area contributed by atoms with E-state index in [1.54, 1.807) is 0 Å². The molecule has 1 N–H and O–H groups in total. The van der Waals surface area contributed by atoms with E-state index in [0.29, 0.717) is 6.61 Å². The Morgan fingerprint density at radius 2 is 2.06 bits per heavy atom. The van der Waals surface area contributed by atoms with Gasteiger partial charge in [0.25, 0.3) is 0 Å². The van der Waals surface area contributed by atoms with E-state index in [1.807, 2.05) is 25.1 Å². The van der Waals surface area contributed by atoms with Gasteiger partial charge in [-0.2, -0.15) is 0 Å². The highest BCUT2D eigenvalue weighted by atomic mass is 16.5. The second-order valence-corrected chi connectivity index (χ2v) is 3.52. The predicted molar refractivity (Wildman–Crippen MR) is 69.8 cm³/mol. The number of rotatable bonds is 7. The van der Waals surface area contributed by atoms with Crippen LogP contribution in [0, 0.1) is 0 Å². The molecule has 0 amide bonds. The fourth-order valence-corrected chi connectivity index (χ4v) is 1.48. The molecule has 16 heavy (non-hydrogen) atoms. The molecule has 1 rings (SSSR count). The standard InChI is InChI=1S/C14H21NO/c1-3-15-12-8-7-10-13-9-5-6-11-14(13)16-4-2/h5-7,9-11,15H,3-4,8,12H2,1-2H3. The third-order valence-corrected chi connectivity index (χ3v) is 2.25. The minimum Gasteiger partial charge on any atom is -0.493 e. The first-order chi connectivity index (χ1) is 7.88. The Kier molecular flexibility index (Phi) is 6.35. The van der Waals surface area contributed by atoms with Gasteiger partial charge in [0.05, 0.1) is 6.61 Å². The molecule has 0 aliphatic carbocycles. The number of nitrogens with one attached hydrogen (secondary N) is 1. The molecular formula is C14H21NO. The lowest BCUT2D eigenvalue weighted by Crippen LogP contribution is -2.12. The predicted octanol–water partition coefficient (Wildman–Crippen LogP) is 3.10. The van der Waals surface area contributed by atoms with E-state index in [1.165, 1.54) is 0 Å². The van der Waals surface area contributed by atoms with E-state index in [-0.39, 0.29) is 0 Å². The Balaban J connectivity index is 2.51. The molecule has 0 saturated carbocycles. The van der Waals surface area contributed by atoms with Gasteiger partial charge in [0, 0.05) is 5.56 Å². The topological polar surface area (TPSA) is 21.3 Å². The molecule has 0 spiro atoms. The van der Waals surface area contributed by atoms with Crippen LogP contribution in [0.4, 0.5) is 0 Å². The molecule has 0 radical (unpaired) electrons. The van der Waals surface area contributed by atoms with Crippen molar-refractivity contribution in [1.82, 2.24) is 5.32 Å². The van der Waals surface area contributed by atoms with Crippen LogP contribution < -0.4 is 10.1 Å². The molecule has 88 valence electrons. The van der Waals surface area contributed by atoms with Gasteiger partial charge in [-0.05, 0) is 32.5 Å². The van der Waals surface area contributed by atoms with Crippen LogP contribution in [0.5, 0.6) is 5.75 Å². The summed E-state index contributed by atoms with van der Waals surface area (Å²) in [5.74, 6) is 0.963. The third kappa shape index (κ3) is 4.49. The Morgan fingerprint density at radius 3 is 2.81 bits per heavy atom. The largest absolute Gasteiger partial charge is 0.493 e. The van der Waals surface area contributed by atoms with Crippen LogP contribution in [0.1, 0.15) is 25.8 Å². The maximum Gasteiger partial charge on any atom is 0.126 e. The zero-order valence-electron chi connectivity index (χ0n) is 10.2. The van der Waals surface area contributed by atoms with Crippen molar-refractivity contribution in [2.75, 3.05) is 19.7 Å². The van der Waals surface area contributed by atoms with Gasteiger partial charge in [0.15, 0.2) is 0 Å². The van der Waals surface area contributed by atoms with Crippen molar-refractivity contribution < 1.29 is 4.74 Å². The molecule has 2 heteroatoms. The summed E-state index contributed by atoms with van der Waals surface area (Å²) < 4.78 is 5.55. The highest BCUT2D eigenvalue weighted by Crippen LogP contribution is 2.19. The van der Waals surface area contributed by atoms with Crippen LogP contribution >= 0.6 is 0 Å². The fraction of sp³-hybridized carbons (Fsp3) is 0.429. The van der Waals surface area contributed by atoms with Gasteiger partial charge in [0.2, 0.25) is 0 Å². The van der Waals surface area contributed by atoms with Gasteiger partial charge < -0.3 is 10.1 Å². The summed E-state index contributed by atoms with van der Waals surface area (Å²) in [6.45, 7) is 6.90. The summed E-state index contributed by atoms with van der Waals surface area (Å²) in [5, 5.41) is 3.29. The first kappa shape index (κ1) is 12.8. The van der Waals surface area contributed by atoms with Crippen LogP contribution in [0.2, 0.25) is 0 Å². The summed E-state index contributed by atoms with van der Waals surface area (Å²) in [6, 6.07) is 8.12. The number of hydrogen-bond acceptors (Lipinski definition) is 2. The van der Waals surface area contributed by atoms with Crippen molar-refractivity contribution >= 4 is 6.08 Å². The molecule has 0 aliphatic rings. The Bertz CT molecular complexity index is 320. The average Bonchev–Trinajstić information content (AvgIpc) is 2.31. The summed E-state index contributed by atoms with van der Waals surface area (Å²) in [5.41, 5.74) is 1.15. The molecule has 1 aromatic rings. The third-order valence-electron chi connectivity index (χ3n) is 2.25.